The van der Waals surface area contributed by atoms with Gasteiger partial charge in [0.05, 0.1) is 31.1 Å². The molecule has 0 spiro atoms. The zero-order valence-corrected chi connectivity index (χ0v) is 78.2. The molecule has 1 aliphatic rings. The van der Waals surface area contributed by atoms with E-state index < -0.39 is 204 Å². The SMILES string of the molecule is CCCCC1C(=O)N[C@@H](CCCCC(=N)N)C(=O)N[C@@H](CC(=O)O)C(=O)N[C@@H](C(C)C)C(=O)N(C)[C@@H](Cc2ccccc2)C(=O)N[C@@H](Cc2ccc(O)cc2)C(=O)N(C)CC(=O)N[C@@H](Cc2c[nH]c3ccccc23)C(=O)N[C@@H](Cc2ccc(O)cc2)C(=O)N[C@@H](CC(C)C)C(=O)N[C@H](C(=O)NCC(N)=O)CSCC(=O)N[C@@H](Cc2ccccc2)C(=O)N(C)[C@@H](Cc2ccccc2)C(=O)N1C. The van der Waals surface area contributed by atoms with Crippen LogP contribution >= 0.6 is 11.8 Å². The fourth-order valence-corrected chi connectivity index (χ4v) is 16.5. The minimum absolute atomic E-state index is 0.0259. The molecule has 7 aromatic rings. The predicted octanol–water partition coefficient (Wildman–Crippen LogP) is 2.85. The van der Waals surface area contributed by atoms with Gasteiger partial charge in [-0.3, -0.25) is 82.1 Å². The number of phenolic OH excluding ortho intramolecular Hbond substituents is 2. The molecule has 1 aromatic heterocycles. The number of phenols is 2. The summed E-state index contributed by atoms with van der Waals surface area (Å²) in [6.45, 7) is 6.93. The van der Waals surface area contributed by atoms with E-state index in [1.165, 1.54) is 76.7 Å². The molecule has 724 valence electrons. The summed E-state index contributed by atoms with van der Waals surface area (Å²) in [6, 6.07) is 25.1. The number of nitrogens with two attached hydrogens (primary N) is 2. The standard InChI is InChI=1S/C97H126N18O19S/c1-10-11-34-77-92(129)105-69(33-23-24-35-80(98)99)87(124)108-73(51-84(121)122)91(128)111-85(58(4)5)97(134)114(8)78(48-60-27-17-13-18-28-60)93(130)109-74(47-63-38-42-66(117)43-39-63)94(131)112(6)54-82(119)103-72(50-64-52-101-68-32-22-21-31-67(64)68)90(127)107-71(45-62-36-40-65(116)41-37-62)89(126)106-70(44-57(2)3)88(125)110-76(86(123)102-53-81(100)118)55-135-56-83(120)104-75(46-59-25-15-12-16-26-59)95(132)115(9)79(96(133)113(77)7)49-61-29-19-14-20-30-61/h12-22,25-32,36-43,52,57-58,69-79,85,101,116-117H,10-11,23-24,33-35,44-51,53-56H2,1-9H3,(H3,98,99)(H2,100,118)(H,102,123)(H,103,119)(H,104,120)(H,105,129)(H,106,126)(H,107,127)(H,108,124)(H,109,130)(H,110,125)(H,111,128)(H,121,122)/t69-,70-,71-,72-,73-,74-,75-,76-,77?,78-,79-,85-/m0/s1. The zero-order chi connectivity index (χ0) is 98.7. The molecule has 38 heteroatoms. The molecule has 0 aliphatic carbocycles. The molecule has 1 aliphatic heterocycles. The first-order valence-corrected chi connectivity index (χ1v) is 46.1. The van der Waals surface area contributed by atoms with E-state index in [0.29, 0.717) is 57.1 Å². The van der Waals surface area contributed by atoms with Gasteiger partial charge in [-0.15, -0.1) is 11.8 Å². The van der Waals surface area contributed by atoms with Gasteiger partial charge in [0.2, 0.25) is 88.6 Å². The Morgan fingerprint density at radius 2 is 0.926 bits per heavy atom. The first-order chi connectivity index (χ1) is 64.3. The van der Waals surface area contributed by atoms with Crippen molar-refractivity contribution in [1.29, 1.82) is 5.41 Å². The number of hydrogen-bond donors (Lipinski definition) is 17. The number of nitrogens with one attached hydrogen (secondary N) is 12. The lowest BCUT2D eigenvalue weighted by Crippen LogP contribution is -2.62. The summed E-state index contributed by atoms with van der Waals surface area (Å²) in [4.78, 5) is 245. The van der Waals surface area contributed by atoms with Gasteiger partial charge in [0.1, 0.15) is 84.0 Å². The van der Waals surface area contributed by atoms with Crippen LogP contribution in [-0.4, -0.2) is 266 Å². The van der Waals surface area contributed by atoms with Crippen molar-refractivity contribution in [3.8, 4) is 11.5 Å². The van der Waals surface area contributed by atoms with Gasteiger partial charge in [0.15, 0.2) is 0 Å². The number of rotatable bonds is 28. The molecule has 0 saturated carbocycles. The lowest BCUT2D eigenvalue weighted by atomic mass is 9.98. The molecule has 19 N–H and O–H groups in total. The molecule has 135 heavy (non-hydrogen) atoms. The molecule has 0 bridgehead atoms. The summed E-state index contributed by atoms with van der Waals surface area (Å²) in [7, 11) is 5.24. The number of aromatic amines is 1. The van der Waals surface area contributed by atoms with Crippen LogP contribution in [0.5, 0.6) is 11.5 Å². The van der Waals surface area contributed by atoms with Crippen LogP contribution < -0.4 is 64.6 Å². The number of nitrogens with zero attached hydrogens (tertiary/aromatic N) is 4. The average Bonchev–Trinajstić information content (AvgIpc) is 1.68. The van der Waals surface area contributed by atoms with E-state index in [-0.39, 0.29) is 100 Å². The second-order valence-electron chi connectivity index (χ2n) is 34.6. The van der Waals surface area contributed by atoms with Gasteiger partial charge in [-0.2, -0.15) is 0 Å². The molecule has 6 aromatic carbocycles. The fraction of sp³-hybridized carbons (Fsp3) is 0.433. The van der Waals surface area contributed by atoms with Crippen LogP contribution in [0, 0.1) is 17.2 Å². The van der Waals surface area contributed by atoms with E-state index in [0.717, 1.165) is 31.4 Å². The number of benzene rings is 6. The first kappa shape index (κ1) is 106. The molecular formula is C97H126N18O19S. The zero-order valence-electron chi connectivity index (χ0n) is 77.4. The minimum Gasteiger partial charge on any atom is -0.508 e. The number of carbonyl (C=O) groups excluding carboxylic acids is 15. The largest absolute Gasteiger partial charge is 0.508 e. The molecule has 12 atom stereocenters. The Hall–Kier alpha value is -14.2. The third-order valence-electron chi connectivity index (χ3n) is 23.1. The van der Waals surface area contributed by atoms with Gasteiger partial charge in [-0.05, 0) is 101 Å². The Balaban J connectivity index is 1.24. The van der Waals surface area contributed by atoms with Crippen LogP contribution in [0.15, 0.2) is 170 Å². The van der Waals surface area contributed by atoms with E-state index in [1.807, 2.05) is 6.92 Å². The van der Waals surface area contributed by atoms with E-state index in [4.69, 9.17) is 16.9 Å². The second-order valence-corrected chi connectivity index (χ2v) is 35.7. The van der Waals surface area contributed by atoms with Crippen LogP contribution in [-0.2, 0) is 115 Å². The predicted molar refractivity (Wildman–Crippen MR) is 507 cm³/mol. The monoisotopic (exact) mass is 1880 g/mol. The highest BCUT2D eigenvalue weighted by Gasteiger charge is 2.43. The number of unbranched alkanes of at least 4 members (excludes halogenated alkanes) is 2. The van der Waals surface area contributed by atoms with Crippen LogP contribution in [0.4, 0.5) is 0 Å². The van der Waals surface area contributed by atoms with Crippen molar-refractivity contribution in [3.05, 3.63) is 203 Å². The number of fused-ring (bicyclic) bond motifs is 1. The van der Waals surface area contributed by atoms with Gasteiger partial charge < -0.3 is 105 Å². The number of likely N-dealkylation sites (N-methyl/N-ethyl adjacent to an activating group) is 4. The van der Waals surface area contributed by atoms with Crippen LogP contribution in [0.1, 0.15) is 126 Å². The number of aromatic nitrogens is 1. The first-order valence-electron chi connectivity index (χ1n) is 44.9. The number of aromatic hydroxyl groups is 2. The van der Waals surface area contributed by atoms with Crippen LogP contribution in [0.2, 0.25) is 0 Å². The topological polar surface area (TPSA) is 559 Å². The number of thioether (sulfide) groups is 1. The van der Waals surface area contributed by atoms with Gasteiger partial charge in [0.25, 0.3) is 0 Å². The highest BCUT2D eigenvalue weighted by Crippen LogP contribution is 2.25. The summed E-state index contributed by atoms with van der Waals surface area (Å²) >= 11 is 0.820. The van der Waals surface area contributed by atoms with Crippen molar-refractivity contribution >= 4 is 123 Å². The molecule has 1 saturated heterocycles. The number of carbonyl (C=O) groups is 16. The number of amidine groups is 1. The molecule has 2 heterocycles. The molecule has 37 nitrogen and oxygen atoms in total. The van der Waals surface area contributed by atoms with Gasteiger partial charge >= 0.3 is 5.97 Å². The molecule has 1 fully saturated rings. The van der Waals surface area contributed by atoms with Crippen molar-refractivity contribution in [2.75, 3.05) is 52.8 Å². The summed E-state index contributed by atoms with van der Waals surface area (Å²) in [5.41, 5.74) is 14.8. The third kappa shape index (κ3) is 33.2. The van der Waals surface area contributed by atoms with Crippen molar-refractivity contribution in [1.82, 2.24) is 77.8 Å². The maximum Gasteiger partial charge on any atom is 0.305 e. The quantitative estimate of drug-likeness (QED) is 0.0190. The van der Waals surface area contributed by atoms with Crippen molar-refractivity contribution < 1.29 is 92.0 Å². The van der Waals surface area contributed by atoms with Crippen molar-refractivity contribution in [3.63, 3.8) is 0 Å². The second kappa shape index (κ2) is 52.3. The Morgan fingerprint density at radius 3 is 1.48 bits per heavy atom. The lowest BCUT2D eigenvalue weighted by Gasteiger charge is -2.36. The Morgan fingerprint density at radius 1 is 0.467 bits per heavy atom. The molecule has 1 unspecified atom stereocenters. The summed E-state index contributed by atoms with van der Waals surface area (Å²) < 4.78 is 0. The Bertz CT molecular complexity index is 5260. The van der Waals surface area contributed by atoms with Crippen LogP contribution in [0.25, 0.3) is 10.9 Å². The third-order valence-corrected chi connectivity index (χ3v) is 24.2. The summed E-state index contributed by atoms with van der Waals surface area (Å²) in [6.07, 6.45) is -0.0335. The smallest absolute Gasteiger partial charge is 0.305 e. The maximum absolute atomic E-state index is 15.7. The van der Waals surface area contributed by atoms with Gasteiger partial charge in [-0.1, -0.05) is 187 Å². The van der Waals surface area contributed by atoms with E-state index in [1.54, 1.807) is 149 Å². The number of carboxylic acid groups (broad SMARTS) is 1. The molecular weight excluding hydrogens is 1750 g/mol. The number of carboxylic acids is 1. The van der Waals surface area contributed by atoms with Gasteiger partial charge in [-0.25, -0.2) is 0 Å². The van der Waals surface area contributed by atoms with E-state index in [9.17, 15) is 44.1 Å². The van der Waals surface area contributed by atoms with Gasteiger partial charge in [0, 0.05) is 96.0 Å². The van der Waals surface area contributed by atoms with Crippen LogP contribution in [0.3, 0.4) is 0 Å². The van der Waals surface area contributed by atoms with Crippen molar-refractivity contribution in [2.45, 2.75) is 203 Å². The molecule has 8 rings (SSSR count). The Kier molecular flexibility index (Phi) is 41.1. The maximum atomic E-state index is 15.7. The average molecular weight is 1880 g/mol. The number of H-pyrrole nitrogens is 1. The van der Waals surface area contributed by atoms with E-state index >= 15 is 47.9 Å². The number of amides is 15. The van der Waals surface area contributed by atoms with E-state index in [2.05, 4.69) is 58.2 Å². The number of aliphatic carboxylic acids is 1. The number of primary amides is 1. The Labute approximate surface area is 788 Å². The lowest BCUT2D eigenvalue weighted by molar-refractivity contribution is -0.149. The summed E-state index contributed by atoms with van der Waals surface area (Å²) in [5, 5.41) is 66.7. The highest BCUT2D eigenvalue weighted by molar-refractivity contribution is 8.00. The highest BCUT2D eigenvalue weighted by atomic mass is 32.2. The fourth-order valence-electron chi connectivity index (χ4n) is 15.7. The molecule has 15 amide bonds. The van der Waals surface area contributed by atoms with Crippen molar-refractivity contribution in [2.24, 2.45) is 23.3 Å². The molecule has 0 radical (unpaired) electrons. The normalized spacial score (nSPS) is 21.9. The summed E-state index contributed by atoms with van der Waals surface area (Å²) in [5.74, 6) is -18.1. The number of hydrogen-bond acceptors (Lipinski definition) is 20. The minimum atomic E-state index is -1.98. The number of para-hydroxylation sites is 1.